The molecule has 0 aliphatic rings. The van der Waals surface area contributed by atoms with E-state index < -0.39 is 17.2 Å². The number of nitrogens with one attached hydrogen (secondary N) is 2. The SMILES string of the molecule is CCn1c(=O)[nH]c2cc(C(=O)Nc3nc(-c4cccc(F)c4)cs3)ccc2c1=O. The molecule has 0 saturated carbocycles. The summed E-state index contributed by atoms with van der Waals surface area (Å²) in [5.41, 5.74) is 0.784. The summed E-state index contributed by atoms with van der Waals surface area (Å²) < 4.78 is 14.5. The van der Waals surface area contributed by atoms with Crippen LogP contribution < -0.4 is 16.6 Å². The van der Waals surface area contributed by atoms with Gasteiger partial charge in [-0.2, -0.15) is 0 Å². The Kier molecular flexibility index (Phi) is 4.81. The number of carbonyl (C=O) groups excluding carboxylic acids is 1. The quantitative estimate of drug-likeness (QED) is 0.540. The van der Waals surface area contributed by atoms with Crippen molar-refractivity contribution in [1.29, 1.82) is 0 Å². The zero-order valence-corrected chi connectivity index (χ0v) is 16.0. The van der Waals surface area contributed by atoms with Gasteiger partial charge in [0.05, 0.1) is 16.6 Å². The second-order valence-corrected chi connectivity index (χ2v) is 7.10. The summed E-state index contributed by atoms with van der Waals surface area (Å²) >= 11 is 1.21. The number of rotatable bonds is 4. The zero-order chi connectivity index (χ0) is 20.5. The zero-order valence-electron chi connectivity index (χ0n) is 15.2. The number of carbonyl (C=O) groups is 1. The lowest BCUT2D eigenvalue weighted by atomic mass is 10.1. The molecule has 2 aromatic carbocycles. The highest BCUT2D eigenvalue weighted by molar-refractivity contribution is 7.14. The van der Waals surface area contributed by atoms with Gasteiger partial charge in [-0.25, -0.2) is 14.2 Å². The number of fused-ring (bicyclic) bond motifs is 1. The molecule has 0 saturated heterocycles. The van der Waals surface area contributed by atoms with Gasteiger partial charge < -0.3 is 4.98 Å². The summed E-state index contributed by atoms with van der Waals surface area (Å²) in [5, 5.41) is 5.07. The Labute approximate surface area is 167 Å². The standard InChI is InChI=1S/C20H15FN4O3S/c1-2-25-18(27)14-7-6-12(9-15(14)23-20(25)28)17(26)24-19-22-16(10-29-19)11-4-3-5-13(21)8-11/h3-10H,2H2,1H3,(H,23,28)(H,22,24,26). The van der Waals surface area contributed by atoms with Gasteiger partial charge in [0.25, 0.3) is 11.5 Å². The van der Waals surface area contributed by atoms with Gasteiger partial charge in [0.1, 0.15) is 5.82 Å². The van der Waals surface area contributed by atoms with Crippen molar-refractivity contribution in [2.45, 2.75) is 13.5 Å². The normalized spacial score (nSPS) is 11.0. The number of benzene rings is 2. The summed E-state index contributed by atoms with van der Waals surface area (Å²) in [4.78, 5) is 43.8. The molecular weight excluding hydrogens is 395 g/mol. The lowest BCUT2D eigenvalue weighted by molar-refractivity contribution is 0.102. The maximum absolute atomic E-state index is 13.4. The van der Waals surface area contributed by atoms with E-state index in [0.717, 1.165) is 4.57 Å². The number of anilines is 1. The first kappa shape index (κ1) is 18.8. The lowest BCUT2D eigenvalue weighted by Crippen LogP contribution is -2.34. The van der Waals surface area contributed by atoms with Gasteiger partial charge in [-0.3, -0.25) is 19.5 Å². The molecular formula is C20H15FN4O3S. The molecule has 0 spiro atoms. The predicted octanol–water partition coefficient (Wildman–Crippen LogP) is 3.22. The van der Waals surface area contributed by atoms with Gasteiger partial charge in [0.15, 0.2) is 5.13 Å². The molecule has 1 amide bonds. The molecule has 0 unspecified atom stereocenters. The van der Waals surface area contributed by atoms with E-state index in [4.69, 9.17) is 0 Å². The van der Waals surface area contributed by atoms with E-state index in [9.17, 15) is 18.8 Å². The second-order valence-electron chi connectivity index (χ2n) is 6.24. The molecule has 4 rings (SSSR count). The van der Waals surface area contributed by atoms with E-state index in [2.05, 4.69) is 15.3 Å². The van der Waals surface area contributed by atoms with Crippen molar-refractivity contribution in [2.24, 2.45) is 0 Å². The van der Waals surface area contributed by atoms with E-state index in [1.807, 2.05) is 0 Å². The van der Waals surface area contributed by atoms with Crippen molar-refractivity contribution < 1.29 is 9.18 Å². The molecule has 2 N–H and O–H groups in total. The topological polar surface area (TPSA) is 96.8 Å². The molecule has 4 aromatic rings. The number of hydrogen-bond donors (Lipinski definition) is 2. The molecule has 0 atom stereocenters. The van der Waals surface area contributed by atoms with Crippen molar-refractivity contribution >= 4 is 33.3 Å². The summed E-state index contributed by atoms with van der Waals surface area (Å²) in [6.07, 6.45) is 0. The minimum atomic E-state index is -0.526. The first-order chi connectivity index (χ1) is 14.0. The molecule has 2 aromatic heterocycles. The van der Waals surface area contributed by atoms with Crippen molar-refractivity contribution in [3.05, 3.63) is 80.1 Å². The van der Waals surface area contributed by atoms with Gasteiger partial charge in [-0.05, 0) is 37.3 Å². The lowest BCUT2D eigenvalue weighted by Gasteiger charge is -2.06. The predicted molar refractivity (Wildman–Crippen MR) is 110 cm³/mol. The van der Waals surface area contributed by atoms with E-state index in [-0.39, 0.29) is 23.4 Å². The van der Waals surface area contributed by atoms with Crippen LogP contribution in [0.1, 0.15) is 17.3 Å². The summed E-state index contributed by atoms with van der Waals surface area (Å²) in [6, 6.07) is 10.5. The summed E-state index contributed by atoms with van der Waals surface area (Å²) in [5.74, 6) is -0.805. The summed E-state index contributed by atoms with van der Waals surface area (Å²) in [6.45, 7) is 1.96. The number of aromatic amines is 1. The van der Waals surface area contributed by atoms with Crippen molar-refractivity contribution in [1.82, 2.24) is 14.5 Å². The Balaban J connectivity index is 1.61. The Morgan fingerprint density at radius 2 is 2.07 bits per heavy atom. The fraction of sp³-hybridized carbons (Fsp3) is 0.100. The Morgan fingerprint density at radius 1 is 1.24 bits per heavy atom. The van der Waals surface area contributed by atoms with E-state index in [0.29, 0.717) is 21.8 Å². The van der Waals surface area contributed by atoms with Crippen LogP contribution >= 0.6 is 11.3 Å². The van der Waals surface area contributed by atoms with Crippen LogP contribution in [-0.4, -0.2) is 20.4 Å². The van der Waals surface area contributed by atoms with Gasteiger partial charge >= 0.3 is 5.69 Å². The van der Waals surface area contributed by atoms with Crippen molar-refractivity contribution in [3.8, 4) is 11.3 Å². The Hall–Kier alpha value is -3.59. The maximum Gasteiger partial charge on any atom is 0.328 e. The molecule has 0 aliphatic carbocycles. The molecule has 0 radical (unpaired) electrons. The van der Waals surface area contributed by atoms with Crippen LogP contribution in [0.15, 0.2) is 57.4 Å². The molecule has 146 valence electrons. The monoisotopic (exact) mass is 410 g/mol. The van der Waals surface area contributed by atoms with Crippen LogP contribution in [-0.2, 0) is 6.54 Å². The number of amides is 1. The van der Waals surface area contributed by atoms with Crippen molar-refractivity contribution in [3.63, 3.8) is 0 Å². The fourth-order valence-corrected chi connectivity index (χ4v) is 3.68. The van der Waals surface area contributed by atoms with E-state index >= 15 is 0 Å². The molecule has 0 bridgehead atoms. The average Bonchev–Trinajstić information content (AvgIpc) is 3.16. The molecule has 0 fully saturated rings. The first-order valence-corrected chi connectivity index (χ1v) is 9.64. The van der Waals surface area contributed by atoms with Crippen molar-refractivity contribution in [2.75, 3.05) is 5.32 Å². The highest BCUT2D eigenvalue weighted by Crippen LogP contribution is 2.25. The van der Waals surface area contributed by atoms with Crippen LogP contribution in [0.3, 0.4) is 0 Å². The van der Waals surface area contributed by atoms with Gasteiger partial charge in [-0.1, -0.05) is 12.1 Å². The smallest absolute Gasteiger partial charge is 0.307 e. The molecule has 0 aliphatic heterocycles. The average molecular weight is 410 g/mol. The number of halogens is 1. The second kappa shape index (κ2) is 7.44. The number of thiazole rings is 1. The highest BCUT2D eigenvalue weighted by Gasteiger charge is 2.13. The number of hydrogen-bond acceptors (Lipinski definition) is 5. The van der Waals surface area contributed by atoms with Crippen LogP contribution in [0, 0.1) is 5.82 Å². The third-order valence-corrected chi connectivity index (χ3v) is 5.16. The molecule has 2 heterocycles. The molecule has 9 heteroatoms. The molecule has 7 nitrogen and oxygen atoms in total. The van der Waals surface area contributed by atoms with Crippen LogP contribution in [0.5, 0.6) is 0 Å². The van der Waals surface area contributed by atoms with E-state index in [1.165, 1.54) is 41.7 Å². The molecule has 29 heavy (non-hydrogen) atoms. The minimum Gasteiger partial charge on any atom is -0.307 e. The first-order valence-electron chi connectivity index (χ1n) is 8.76. The number of nitrogens with zero attached hydrogens (tertiary/aromatic N) is 2. The van der Waals surface area contributed by atoms with Gasteiger partial charge in [0.2, 0.25) is 0 Å². The van der Waals surface area contributed by atoms with Crippen LogP contribution in [0.25, 0.3) is 22.2 Å². The Bertz CT molecular complexity index is 1360. The third-order valence-electron chi connectivity index (χ3n) is 4.41. The maximum atomic E-state index is 13.4. The van der Waals surface area contributed by atoms with Gasteiger partial charge in [-0.15, -0.1) is 11.3 Å². The minimum absolute atomic E-state index is 0.254. The van der Waals surface area contributed by atoms with Crippen LogP contribution in [0.2, 0.25) is 0 Å². The summed E-state index contributed by atoms with van der Waals surface area (Å²) in [7, 11) is 0. The number of H-pyrrole nitrogens is 1. The van der Waals surface area contributed by atoms with Crippen LogP contribution in [0.4, 0.5) is 9.52 Å². The fourth-order valence-electron chi connectivity index (χ4n) is 2.96. The number of aromatic nitrogens is 3. The Morgan fingerprint density at radius 3 is 2.83 bits per heavy atom. The third kappa shape index (κ3) is 3.59. The van der Waals surface area contributed by atoms with Gasteiger partial charge in [0, 0.05) is 23.1 Å². The highest BCUT2D eigenvalue weighted by atomic mass is 32.1. The van der Waals surface area contributed by atoms with E-state index in [1.54, 1.807) is 24.4 Å². The largest absolute Gasteiger partial charge is 0.328 e.